The molecule has 10 nitrogen and oxygen atoms in total. The molecule has 3 aliphatic heterocycles. The van der Waals surface area contributed by atoms with Crippen LogP contribution in [0.4, 0.5) is 10.6 Å². The Labute approximate surface area is 240 Å². The molecule has 0 aliphatic carbocycles. The van der Waals surface area contributed by atoms with Gasteiger partial charge in [0, 0.05) is 50.9 Å². The van der Waals surface area contributed by atoms with E-state index in [-0.39, 0.29) is 6.42 Å². The Balaban J connectivity index is 1.29. The van der Waals surface area contributed by atoms with E-state index in [4.69, 9.17) is 14.7 Å². The second-order valence-corrected chi connectivity index (χ2v) is 11.5. The Bertz CT molecular complexity index is 1480. The van der Waals surface area contributed by atoms with Crippen LogP contribution in [-0.4, -0.2) is 87.8 Å². The molecule has 0 bridgehead atoms. The molecule has 41 heavy (non-hydrogen) atoms. The van der Waals surface area contributed by atoms with E-state index in [1.807, 2.05) is 0 Å². The zero-order chi connectivity index (χ0) is 28.5. The summed E-state index contributed by atoms with van der Waals surface area (Å²) in [6.07, 6.45) is 1.41. The van der Waals surface area contributed by atoms with E-state index in [0.717, 1.165) is 43.0 Å². The number of carboxylic acid groups (broad SMARTS) is 1. The van der Waals surface area contributed by atoms with Crippen LogP contribution in [0.25, 0.3) is 10.8 Å². The van der Waals surface area contributed by atoms with Crippen LogP contribution in [0.1, 0.15) is 41.6 Å². The van der Waals surface area contributed by atoms with Gasteiger partial charge in [0.1, 0.15) is 12.4 Å². The summed E-state index contributed by atoms with van der Waals surface area (Å²) in [6, 6.07) is 15.4. The van der Waals surface area contributed by atoms with Gasteiger partial charge in [0.25, 0.3) is 0 Å². The number of piperazine rings is 1. The van der Waals surface area contributed by atoms with Crippen LogP contribution in [0.3, 0.4) is 0 Å². The monoisotopic (exact) mass is 555 g/mol. The van der Waals surface area contributed by atoms with Crippen molar-refractivity contribution in [1.29, 1.82) is 5.26 Å². The van der Waals surface area contributed by atoms with E-state index < -0.39 is 12.1 Å². The average Bonchev–Trinajstić information content (AvgIpc) is 3.56. The average molecular weight is 556 g/mol. The van der Waals surface area contributed by atoms with Crippen LogP contribution in [0.2, 0.25) is 0 Å². The number of nitrogens with zero attached hydrogens (tertiary/aromatic N) is 7. The zero-order valence-electron chi connectivity index (χ0n) is 23.8. The number of benzene rings is 2. The smallest absolute Gasteiger partial charge is 0.407 e. The van der Waals surface area contributed by atoms with Crippen molar-refractivity contribution in [3.8, 4) is 12.1 Å². The summed E-state index contributed by atoms with van der Waals surface area (Å²) in [5.74, 6) is 0.800. The van der Waals surface area contributed by atoms with Crippen LogP contribution in [0.5, 0.6) is 6.01 Å². The minimum atomic E-state index is -0.987. The second kappa shape index (κ2) is 11.5. The number of rotatable bonds is 7. The van der Waals surface area contributed by atoms with Crippen LogP contribution >= 0.6 is 0 Å². The third kappa shape index (κ3) is 5.52. The lowest BCUT2D eigenvalue weighted by atomic mass is 10.00. The molecule has 0 radical (unpaired) electrons. The Morgan fingerprint density at radius 2 is 1.95 bits per heavy atom. The van der Waals surface area contributed by atoms with Crippen molar-refractivity contribution in [3.63, 3.8) is 0 Å². The third-order valence-electron chi connectivity index (χ3n) is 8.83. The Morgan fingerprint density at radius 3 is 2.71 bits per heavy atom. The van der Waals surface area contributed by atoms with E-state index >= 15 is 0 Å². The highest BCUT2D eigenvalue weighted by atomic mass is 16.5. The first-order chi connectivity index (χ1) is 19.9. The van der Waals surface area contributed by atoms with Crippen LogP contribution in [0, 0.1) is 18.3 Å². The van der Waals surface area contributed by atoms with Gasteiger partial charge < -0.3 is 24.5 Å². The molecule has 2 saturated heterocycles. The maximum absolute atomic E-state index is 11.8. The summed E-state index contributed by atoms with van der Waals surface area (Å²) in [5.41, 5.74) is 4.57. The highest BCUT2D eigenvalue weighted by molar-refractivity contribution is 5.88. The van der Waals surface area contributed by atoms with Gasteiger partial charge in [-0.1, -0.05) is 36.4 Å². The molecular formula is C31H37N7O3. The number of hydrogen-bond donors (Lipinski definition) is 1. The van der Waals surface area contributed by atoms with E-state index in [0.29, 0.717) is 51.4 Å². The molecule has 2 fully saturated rings. The van der Waals surface area contributed by atoms with Crippen molar-refractivity contribution in [1.82, 2.24) is 24.7 Å². The number of nitriles is 1. The SMILES string of the molecule is Cc1cccc2cccc(CN3Cc4nc(OCC5CCCN5C)nc(N5CCN(C(=O)O)C(CC#N)C5)c4C3)c12. The minimum Gasteiger partial charge on any atom is -0.465 e. The highest BCUT2D eigenvalue weighted by Gasteiger charge is 2.35. The number of aromatic nitrogens is 2. The first kappa shape index (κ1) is 27.2. The maximum atomic E-state index is 11.8. The molecule has 2 unspecified atom stereocenters. The Hall–Kier alpha value is -3.94. The maximum Gasteiger partial charge on any atom is 0.407 e. The van der Waals surface area contributed by atoms with Gasteiger partial charge in [-0.3, -0.25) is 4.90 Å². The van der Waals surface area contributed by atoms with E-state index in [1.54, 1.807) is 0 Å². The van der Waals surface area contributed by atoms with Gasteiger partial charge >= 0.3 is 12.1 Å². The van der Waals surface area contributed by atoms with Gasteiger partial charge in [-0.15, -0.1) is 0 Å². The number of amides is 1. The molecule has 4 heterocycles. The van der Waals surface area contributed by atoms with Gasteiger partial charge in [0.05, 0.1) is 24.2 Å². The van der Waals surface area contributed by atoms with Crippen LogP contribution in [0.15, 0.2) is 36.4 Å². The number of likely N-dealkylation sites (N-methyl/N-ethyl adjacent to an activating group) is 1. The summed E-state index contributed by atoms with van der Waals surface area (Å²) < 4.78 is 6.21. The molecule has 1 aromatic heterocycles. The summed E-state index contributed by atoms with van der Waals surface area (Å²) in [5, 5.41) is 21.6. The largest absolute Gasteiger partial charge is 0.465 e. The number of ether oxygens (including phenoxy) is 1. The molecule has 3 aliphatic rings. The van der Waals surface area contributed by atoms with Crippen molar-refractivity contribution in [2.45, 2.75) is 57.9 Å². The van der Waals surface area contributed by atoms with E-state index in [9.17, 15) is 15.2 Å². The molecule has 1 N–H and O–H groups in total. The van der Waals surface area contributed by atoms with Gasteiger partial charge in [-0.2, -0.15) is 15.2 Å². The molecule has 2 atom stereocenters. The van der Waals surface area contributed by atoms with E-state index in [1.165, 1.54) is 26.8 Å². The summed E-state index contributed by atoms with van der Waals surface area (Å²) in [4.78, 5) is 29.9. The molecule has 214 valence electrons. The fraction of sp³-hybridized carbons (Fsp3) is 0.484. The second-order valence-electron chi connectivity index (χ2n) is 11.5. The number of likely N-dealkylation sites (tertiary alicyclic amines) is 1. The molecule has 1 amide bonds. The quantitative estimate of drug-likeness (QED) is 0.463. The summed E-state index contributed by atoms with van der Waals surface area (Å²) in [6.45, 7) is 7.17. The normalized spacial score (nSPS) is 21.3. The van der Waals surface area contributed by atoms with Crippen molar-refractivity contribution < 1.29 is 14.6 Å². The third-order valence-corrected chi connectivity index (χ3v) is 8.83. The van der Waals surface area contributed by atoms with E-state index in [2.05, 4.69) is 71.1 Å². The van der Waals surface area contributed by atoms with Crippen molar-refractivity contribution in [3.05, 3.63) is 58.8 Å². The molecular weight excluding hydrogens is 518 g/mol. The van der Waals surface area contributed by atoms with Gasteiger partial charge in [-0.25, -0.2) is 4.79 Å². The Morgan fingerprint density at radius 1 is 1.12 bits per heavy atom. The first-order valence-corrected chi connectivity index (χ1v) is 14.4. The fourth-order valence-electron chi connectivity index (χ4n) is 6.65. The Kier molecular flexibility index (Phi) is 7.65. The fourth-order valence-corrected chi connectivity index (χ4v) is 6.65. The topological polar surface area (TPSA) is 109 Å². The van der Waals surface area contributed by atoms with Gasteiger partial charge in [0.2, 0.25) is 0 Å². The lowest BCUT2D eigenvalue weighted by Crippen LogP contribution is -2.55. The predicted octanol–water partition coefficient (Wildman–Crippen LogP) is 4.01. The standard InChI is InChI=1S/C31H37N7O3/c1-21-6-3-7-22-8-4-9-23(28(21)22)16-36-18-26-27(19-36)33-30(41-20-25-10-5-13-35(25)2)34-29(26)37-14-15-38(31(39)40)24(17-37)11-12-32/h3-4,6-9,24-25H,5,10-11,13-20H2,1-2H3,(H,39,40). The molecule has 0 spiro atoms. The zero-order valence-corrected chi connectivity index (χ0v) is 23.8. The number of aryl methyl sites for hydroxylation is 1. The minimum absolute atomic E-state index is 0.139. The molecule has 2 aromatic carbocycles. The van der Waals surface area contributed by atoms with Gasteiger partial charge in [0.15, 0.2) is 0 Å². The summed E-state index contributed by atoms with van der Waals surface area (Å²) >= 11 is 0. The number of anilines is 1. The molecule has 6 rings (SSSR count). The lowest BCUT2D eigenvalue weighted by molar-refractivity contribution is 0.119. The first-order valence-electron chi connectivity index (χ1n) is 14.4. The molecule has 3 aromatic rings. The number of hydrogen-bond acceptors (Lipinski definition) is 8. The number of carbonyl (C=O) groups is 1. The lowest BCUT2D eigenvalue weighted by Gasteiger charge is -2.40. The van der Waals surface area contributed by atoms with Crippen molar-refractivity contribution in [2.75, 3.05) is 44.7 Å². The van der Waals surface area contributed by atoms with Crippen molar-refractivity contribution in [2.24, 2.45) is 0 Å². The molecule has 0 saturated carbocycles. The highest BCUT2D eigenvalue weighted by Crippen LogP contribution is 2.34. The summed E-state index contributed by atoms with van der Waals surface area (Å²) in [7, 11) is 2.13. The van der Waals surface area contributed by atoms with Crippen LogP contribution in [-0.2, 0) is 19.6 Å². The van der Waals surface area contributed by atoms with Crippen LogP contribution < -0.4 is 9.64 Å². The van der Waals surface area contributed by atoms with Gasteiger partial charge in [-0.05, 0) is 55.3 Å². The van der Waals surface area contributed by atoms with Crippen molar-refractivity contribution >= 4 is 22.7 Å². The molecule has 10 heteroatoms. The predicted molar refractivity (Wildman–Crippen MR) is 156 cm³/mol. The number of fused-ring (bicyclic) bond motifs is 2.